The Labute approximate surface area is 171 Å². The first kappa shape index (κ1) is 20.5. The molecule has 0 spiro atoms. The molecule has 6 heteroatoms. The molecule has 3 rings (SSSR count). The van der Waals surface area contributed by atoms with Crippen molar-refractivity contribution in [2.45, 2.75) is 33.9 Å². The molecular formula is C23H26N2O4. The van der Waals surface area contributed by atoms with Gasteiger partial charge in [0.2, 0.25) is 0 Å². The molecule has 29 heavy (non-hydrogen) atoms. The quantitative estimate of drug-likeness (QED) is 0.561. The number of aromatic nitrogens is 1. The van der Waals surface area contributed by atoms with Gasteiger partial charge in [0.15, 0.2) is 0 Å². The van der Waals surface area contributed by atoms with E-state index in [0.717, 1.165) is 28.3 Å². The third-order valence-electron chi connectivity index (χ3n) is 4.87. The Morgan fingerprint density at radius 1 is 1.03 bits per heavy atom. The van der Waals surface area contributed by atoms with Crippen LogP contribution in [0.15, 0.2) is 53.1 Å². The third-order valence-corrected chi connectivity index (χ3v) is 4.87. The smallest absolute Gasteiger partial charge is 0.254 e. The molecule has 3 aromatic rings. The molecule has 0 saturated carbocycles. The van der Waals surface area contributed by atoms with E-state index in [9.17, 15) is 4.79 Å². The highest BCUT2D eigenvalue weighted by Gasteiger charge is 2.15. The standard InChI is InChI=1S/C23H26N2O4/c1-5-25(14-18-6-10-20(27-4)11-7-18)23(26)19-8-12-21(13-9-19)28-15-22-16(2)24-29-17(22)3/h6-13H,5,14-15H2,1-4H3. The molecule has 0 N–H and O–H groups in total. The SMILES string of the molecule is CCN(Cc1ccc(OC)cc1)C(=O)c1ccc(OCc2c(C)noc2C)cc1. The van der Waals surface area contributed by atoms with Gasteiger partial charge in [-0.3, -0.25) is 4.79 Å². The Balaban J connectivity index is 1.63. The van der Waals surface area contributed by atoms with Crippen LogP contribution in [0.4, 0.5) is 0 Å². The predicted octanol–water partition coefficient (Wildman–Crippen LogP) is 4.54. The summed E-state index contributed by atoms with van der Waals surface area (Å²) < 4.78 is 16.1. The van der Waals surface area contributed by atoms with Gasteiger partial charge in [0.1, 0.15) is 23.9 Å². The lowest BCUT2D eigenvalue weighted by molar-refractivity contribution is 0.0752. The summed E-state index contributed by atoms with van der Waals surface area (Å²) in [4.78, 5) is 14.7. The normalized spacial score (nSPS) is 10.6. The van der Waals surface area contributed by atoms with Crippen LogP contribution in [0.3, 0.4) is 0 Å². The largest absolute Gasteiger partial charge is 0.497 e. The van der Waals surface area contributed by atoms with Crippen molar-refractivity contribution < 1.29 is 18.8 Å². The Hall–Kier alpha value is -3.28. The fourth-order valence-corrected chi connectivity index (χ4v) is 3.02. The van der Waals surface area contributed by atoms with E-state index < -0.39 is 0 Å². The molecule has 0 radical (unpaired) electrons. The van der Waals surface area contributed by atoms with E-state index in [1.807, 2.05) is 62.1 Å². The molecule has 6 nitrogen and oxygen atoms in total. The number of nitrogens with zero attached hydrogens (tertiary/aromatic N) is 2. The van der Waals surface area contributed by atoms with Gasteiger partial charge in [-0.05, 0) is 62.7 Å². The number of amides is 1. The fraction of sp³-hybridized carbons (Fsp3) is 0.304. The second-order valence-electron chi connectivity index (χ2n) is 6.78. The van der Waals surface area contributed by atoms with Gasteiger partial charge in [-0.2, -0.15) is 0 Å². The van der Waals surface area contributed by atoms with Crippen molar-refractivity contribution in [2.24, 2.45) is 0 Å². The molecule has 152 valence electrons. The molecule has 0 unspecified atom stereocenters. The van der Waals surface area contributed by atoms with Crippen LogP contribution in [0, 0.1) is 13.8 Å². The predicted molar refractivity (Wildman–Crippen MR) is 110 cm³/mol. The zero-order valence-electron chi connectivity index (χ0n) is 17.3. The van der Waals surface area contributed by atoms with E-state index in [0.29, 0.717) is 31.0 Å². The van der Waals surface area contributed by atoms with Gasteiger partial charge < -0.3 is 18.9 Å². The first-order valence-electron chi connectivity index (χ1n) is 9.58. The Morgan fingerprint density at radius 3 is 2.24 bits per heavy atom. The molecular weight excluding hydrogens is 368 g/mol. The molecule has 0 saturated heterocycles. The Bertz CT molecular complexity index is 927. The summed E-state index contributed by atoms with van der Waals surface area (Å²) in [6.45, 7) is 7.27. The maximum atomic E-state index is 12.9. The highest BCUT2D eigenvalue weighted by Crippen LogP contribution is 2.19. The maximum Gasteiger partial charge on any atom is 0.254 e. The van der Waals surface area contributed by atoms with E-state index in [4.69, 9.17) is 14.0 Å². The minimum Gasteiger partial charge on any atom is -0.497 e. The molecule has 0 aliphatic heterocycles. The van der Waals surface area contributed by atoms with Crippen molar-refractivity contribution in [1.29, 1.82) is 0 Å². The molecule has 2 aromatic carbocycles. The highest BCUT2D eigenvalue weighted by molar-refractivity contribution is 5.94. The van der Waals surface area contributed by atoms with Gasteiger partial charge in [-0.25, -0.2) is 0 Å². The van der Waals surface area contributed by atoms with Crippen molar-refractivity contribution >= 4 is 5.91 Å². The molecule has 1 amide bonds. The fourth-order valence-electron chi connectivity index (χ4n) is 3.02. The third kappa shape index (κ3) is 4.96. The second kappa shape index (κ2) is 9.28. The summed E-state index contributed by atoms with van der Waals surface area (Å²) in [6.07, 6.45) is 0. The average Bonchev–Trinajstić information content (AvgIpc) is 3.08. The summed E-state index contributed by atoms with van der Waals surface area (Å²) in [6, 6.07) is 15.0. The van der Waals surface area contributed by atoms with Gasteiger partial charge in [-0.1, -0.05) is 17.3 Å². The van der Waals surface area contributed by atoms with Gasteiger partial charge in [0.25, 0.3) is 5.91 Å². The number of ether oxygens (including phenoxy) is 2. The van der Waals surface area contributed by atoms with Crippen LogP contribution in [0.5, 0.6) is 11.5 Å². The van der Waals surface area contributed by atoms with Crippen molar-refractivity contribution in [3.05, 3.63) is 76.7 Å². The van der Waals surface area contributed by atoms with Crippen LogP contribution in [0.25, 0.3) is 0 Å². The van der Waals surface area contributed by atoms with E-state index in [-0.39, 0.29) is 5.91 Å². The van der Waals surface area contributed by atoms with Crippen LogP contribution in [0.1, 0.15) is 39.9 Å². The number of aryl methyl sites for hydroxylation is 2. The number of hydrogen-bond acceptors (Lipinski definition) is 5. The van der Waals surface area contributed by atoms with E-state index in [1.54, 1.807) is 19.2 Å². The van der Waals surface area contributed by atoms with Gasteiger partial charge in [0, 0.05) is 18.7 Å². The van der Waals surface area contributed by atoms with E-state index >= 15 is 0 Å². The number of carbonyl (C=O) groups excluding carboxylic acids is 1. The zero-order chi connectivity index (χ0) is 20.8. The average molecular weight is 394 g/mol. The van der Waals surface area contributed by atoms with E-state index in [2.05, 4.69) is 5.16 Å². The minimum absolute atomic E-state index is 0.0133. The lowest BCUT2D eigenvalue weighted by Gasteiger charge is -2.21. The Morgan fingerprint density at radius 2 is 1.69 bits per heavy atom. The minimum atomic E-state index is -0.0133. The summed E-state index contributed by atoms with van der Waals surface area (Å²) in [7, 11) is 1.64. The first-order valence-corrected chi connectivity index (χ1v) is 9.58. The summed E-state index contributed by atoms with van der Waals surface area (Å²) in [5.41, 5.74) is 3.46. The summed E-state index contributed by atoms with van der Waals surface area (Å²) in [5, 5.41) is 3.93. The van der Waals surface area contributed by atoms with Crippen LogP contribution in [-0.4, -0.2) is 29.6 Å². The van der Waals surface area contributed by atoms with Gasteiger partial charge >= 0.3 is 0 Å². The monoisotopic (exact) mass is 394 g/mol. The molecule has 0 atom stereocenters. The van der Waals surface area contributed by atoms with Crippen molar-refractivity contribution in [2.75, 3.05) is 13.7 Å². The number of rotatable bonds is 8. The highest BCUT2D eigenvalue weighted by atomic mass is 16.5. The van der Waals surface area contributed by atoms with E-state index in [1.165, 1.54) is 0 Å². The first-order chi connectivity index (χ1) is 14.0. The molecule has 0 aliphatic carbocycles. The second-order valence-corrected chi connectivity index (χ2v) is 6.78. The molecule has 1 heterocycles. The number of methoxy groups -OCH3 is 1. The number of hydrogen-bond donors (Lipinski definition) is 0. The van der Waals surface area contributed by atoms with Crippen LogP contribution < -0.4 is 9.47 Å². The Kier molecular flexibility index (Phi) is 6.54. The summed E-state index contributed by atoms with van der Waals surface area (Å²) in [5.74, 6) is 2.24. The van der Waals surface area contributed by atoms with Crippen molar-refractivity contribution in [1.82, 2.24) is 10.1 Å². The lowest BCUT2D eigenvalue weighted by atomic mass is 10.1. The number of benzene rings is 2. The topological polar surface area (TPSA) is 64.8 Å². The molecule has 1 aromatic heterocycles. The summed E-state index contributed by atoms with van der Waals surface area (Å²) >= 11 is 0. The zero-order valence-corrected chi connectivity index (χ0v) is 17.3. The van der Waals surface area contributed by atoms with Crippen molar-refractivity contribution in [3.8, 4) is 11.5 Å². The molecule has 0 bridgehead atoms. The van der Waals surface area contributed by atoms with Crippen molar-refractivity contribution in [3.63, 3.8) is 0 Å². The lowest BCUT2D eigenvalue weighted by Crippen LogP contribution is -2.30. The van der Waals surface area contributed by atoms with Gasteiger partial charge in [-0.15, -0.1) is 0 Å². The molecule has 0 aliphatic rings. The van der Waals surface area contributed by atoms with Crippen LogP contribution in [-0.2, 0) is 13.2 Å². The van der Waals surface area contributed by atoms with Crippen LogP contribution >= 0.6 is 0 Å². The van der Waals surface area contributed by atoms with Gasteiger partial charge in [0.05, 0.1) is 18.4 Å². The maximum absolute atomic E-state index is 12.9. The number of carbonyl (C=O) groups is 1. The van der Waals surface area contributed by atoms with Crippen LogP contribution in [0.2, 0.25) is 0 Å². The molecule has 0 fully saturated rings.